The molecule has 0 fully saturated rings. The van der Waals surface area contributed by atoms with Crippen molar-refractivity contribution in [1.29, 1.82) is 0 Å². The molecule has 2 aromatic carbocycles. The number of nitrogens with one attached hydrogen (secondary N) is 1. The second kappa shape index (κ2) is 11.3. The van der Waals surface area contributed by atoms with Crippen molar-refractivity contribution in [3.05, 3.63) is 88.4 Å². The minimum Gasteiger partial charge on any atom is -0.444 e. The maximum absolute atomic E-state index is 12.3. The van der Waals surface area contributed by atoms with E-state index in [0.717, 1.165) is 30.6 Å². The van der Waals surface area contributed by atoms with Gasteiger partial charge in [-0.3, -0.25) is 4.98 Å². The molecule has 0 aliphatic carbocycles. The van der Waals surface area contributed by atoms with Gasteiger partial charge in [0.05, 0.1) is 10.4 Å². The molecule has 1 amide bonds. The van der Waals surface area contributed by atoms with E-state index in [-0.39, 0.29) is 18.7 Å². The topological polar surface area (TPSA) is 77.2 Å². The van der Waals surface area contributed by atoms with E-state index in [0.29, 0.717) is 0 Å². The predicted octanol–water partition coefficient (Wildman–Crippen LogP) is 4.33. The zero-order chi connectivity index (χ0) is 20.3. The SMILES string of the molecule is N[C@H](CC[C@H](Cc1ccccc1)NC(=O)OCc1cncs1)Cc1ccccc1. The number of aromatic nitrogens is 1. The summed E-state index contributed by atoms with van der Waals surface area (Å²) >= 11 is 1.47. The summed E-state index contributed by atoms with van der Waals surface area (Å²) < 4.78 is 5.35. The third-order valence-corrected chi connectivity index (χ3v) is 5.46. The van der Waals surface area contributed by atoms with Gasteiger partial charge in [0.15, 0.2) is 0 Å². The summed E-state index contributed by atoms with van der Waals surface area (Å²) in [5.74, 6) is 0. The Labute approximate surface area is 175 Å². The monoisotopic (exact) mass is 409 g/mol. The molecule has 5 nitrogen and oxygen atoms in total. The summed E-state index contributed by atoms with van der Waals surface area (Å²) in [6, 6.07) is 20.4. The molecule has 0 saturated heterocycles. The van der Waals surface area contributed by atoms with Crippen LogP contribution in [0.3, 0.4) is 0 Å². The predicted molar refractivity (Wildman–Crippen MR) is 117 cm³/mol. The minimum atomic E-state index is -0.407. The summed E-state index contributed by atoms with van der Waals surface area (Å²) in [6.07, 6.45) is 4.49. The zero-order valence-electron chi connectivity index (χ0n) is 16.4. The number of hydrogen-bond donors (Lipinski definition) is 2. The van der Waals surface area contributed by atoms with Crippen LogP contribution in [0.2, 0.25) is 0 Å². The van der Waals surface area contributed by atoms with Gasteiger partial charge in [-0.05, 0) is 36.8 Å². The Morgan fingerprint density at radius 1 is 1.00 bits per heavy atom. The van der Waals surface area contributed by atoms with Crippen molar-refractivity contribution in [3.63, 3.8) is 0 Å². The van der Waals surface area contributed by atoms with Crippen molar-refractivity contribution >= 4 is 17.4 Å². The van der Waals surface area contributed by atoms with Crippen LogP contribution in [0.25, 0.3) is 0 Å². The number of hydrogen-bond acceptors (Lipinski definition) is 5. The van der Waals surface area contributed by atoms with Crippen molar-refractivity contribution in [2.75, 3.05) is 0 Å². The lowest BCUT2D eigenvalue weighted by molar-refractivity contribution is 0.135. The normalized spacial score (nSPS) is 12.9. The number of alkyl carbamates (subject to hydrolysis) is 1. The third-order valence-electron chi connectivity index (χ3n) is 4.70. The van der Waals surface area contributed by atoms with Gasteiger partial charge in [0.1, 0.15) is 6.61 Å². The fourth-order valence-electron chi connectivity index (χ4n) is 3.22. The zero-order valence-corrected chi connectivity index (χ0v) is 17.2. The molecule has 1 aromatic heterocycles. The summed E-state index contributed by atoms with van der Waals surface area (Å²) in [5.41, 5.74) is 10.5. The Balaban J connectivity index is 1.52. The first-order valence-electron chi connectivity index (χ1n) is 9.83. The molecule has 0 spiro atoms. The van der Waals surface area contributed by atoms with Gasteiger partial charge in [0, 0.05) is 18.3 Å². The molecule has 0 aliphatic rings. The molecular weight excluding hydrogens is 382 g/mol. The first kappa shape index (κ1) is 21.0. The van der Waals surface area contributed by atoms with E-state index in [1.807, 2.05) is 36.4 Å². The van der Waals surface area contributed by atoms with Gasteiger partial charge < -0.3 is 15.8 Å². The lowest BCUT2D eigenvalue weighted by Crippen LogP contribution is -2.38. The van der Waals surface area contributed by atoms with E-state index in [1.165, 1.54) is 22.5 Å². The van der Waals surface area contributed by atoms with Crippen LogP contribution in [-0.2, 0) is 24.2 Å². The number of amides is 1. The lowest BCUT2D eigenvalue weighted by atomic mass is 9.96. The van der Waals surface area contributed by atoms with E-state index >= 15 is 0 Å². The molecule has 0 bridgehead atoms. The average molecular weight is 410 g/mol. The number of carbonyl (C=O) groups excluding carboxylic acids is 1. The molecular formula is C23H27N3O2S. The summed E-state index contributed by atoms with van der Waals surface area (Å²) in [5, 5.41) is 3.01. The number of thiazole rings is 1. The number of rotatable bonds is 10. The number of carbonyl (C=O) groups is 1. The second-order valence-corrected chi connectivity index (χ2v) is 8.07. The number of nitrogens with two attached hydrogens (primary N) is 1. The van der Waals surface area contributed by atoms with Crippen molar-refractivity contribution in [3.8, 4) is 0 Å². The summed E-state index contributed by atoms with van der Waals surface area (Å²) in [4.78, 5) is 17.2. The molecule has 3 N–H and O–H groups in total. The Kier molecular flexibility index (Phi) is 8.22. The Morgan fingerprint density at radius 2 is 1.66 bits per heavy atom. The lowest BCUT2D eigenvalue weighted by Gasteiger charge is -2.21. The largest absolute Gasteiger partial charge is 0.444 e. The Hall–Kier alpha value is -2.70. The summed E-state index contributed by atoms with van der Waals surface area (Å²) in [7, 11) is 0. The molecule has 0 radical (unpaired) electrons. The number of ether oxygens (including phenoxy) is 1. The molecule has 0 saturated carbocycles. The highest BCUT2D eigenvalue weighted by molar-refractivity contribution is 7.09. The van der Waals surface area contributed by atoms with Gasteiger partial charge in [-0.25, -0.2) is 4.79 Å². The van der Waals surface area contributed by atoms with Crippen LogP contribution < -0.4 is 11.1 Å². The van der Waals surface area contributed by atoms with Crippen molar-refractivity contribution in [2.45, 2.75) is 44.4 Å². The van der Waals surface area contributed by atoms with Crippen molar-refractivity contribution in [1.82, 2.24) is 10.3 Å². The van der Waals surface area contributed by atoms with Crippen molar-refractivity contribution in [2.24, 2.45) is 5.73 Å². The van der Waals surface area contributed by atoms with Gasteiger partial charge in [0.2, 0.25) is 0 Å². The Bertz CT molecular complexity index is 841. The minimum absolute atomic E-state index is 0.0341. The Morgan fingerprint density at radius 3 is 2.28 bits per heavy atom. The highest BCUT2D eigenvalue weighted by Gasteiger charge is 2.16. The molecule has 1 heterocycles. The second-order valence-electron chi connectivity index (χ2n) is 7.10. The van der Waals surface area contributed by atoms with Gasteiger partial charge in [0.25, 0.3) is 0 Å². The van der Waals surface area contributed by atoms with E-state index in [2.05, 4.69) is 34.6 Å². The van der Waals surface area contributed by atoms with E-state index in [4.69, 9.17) is 10.5 Å². The van der Waals surface area contributed by atoms with Gasteiger partial charge >= 0.3 is 6.09 Å². The summed E-state index contributed by atoms with van der Waals surface area (Å²) in [6.45, 7) is 0.238. The molecule has 29 heavy (non-hydrogen) atoms. The van der Waals surface area contributed by atoms with Gasteiger partial charge in [-0.1, -0.05) is 60.7 Å². The third kappa shape index (κ3) is 7.68. The molecule has 0 unspecified atom stereocenters. The van der Waals surface area contributed by atoms with Crippen LogP contribution in [-0.4, -0.2) is 23.2 Å². The van der Waals surface area contributed by atoms with E-state index in [9.17, 15) is 4.79 Å². The van der Waals surface area contributed by atoms with E-state index in [1.54, 1.807) is 11.7 Å². The standard InChI is InChI=1S/C23H27N3O2S/c24-20(13-18-7-3-1-4-8-18)11-12-21(14-19-9-5-2-6-10-19)26-23(27)28-16-22-15-25-17-29-22/h1-10,15,17,20-21H,11-14,16,24H2,(H,26,27)/t20-,21-/m1/s1. The van der Waals surface area contributed by atoms with Gasteiger partial charge in [-0.15, -0.1) is 11.3 Å². The van der Waals surface area contributed by atoms with Crippen LogP contribution in [0.4, 0.5) is 4.79 Å². The fraction of sp³-hybridized carbons (Fsp3) is 0.304. The number of nitrogens with zero attached hydrogens (tertiary/aromatic N) is 1. The smallest absolute Gasteiger partial charge is 0.407 e. The van der Waals surface area contributed by atoms with Crippen LogP contribution >= 0.6 is 11.3 Å². The van der Waals surface area contributed by atoms with Crippen LogP contribution in [0.5, 0.6) is 0 Å². The van der Waals surface area contributed by atoms with Crippen LogP contribution in [0, 0.1) is 0 Å². The maximum Gasteiger partial charge on any atom is 0.407 e. The molecule has 0 aliphatic heterocycles. The van der Waals surface area contributed by atoms with Crippen LogP contribution in [0.1, 0.15) is 28.8 Å². The van der Waals surface area contributed by atoms with Gasteiger partial charge in [-0.2, -0.15) is 0 Å². The first-order valence-corrected chi connectivity index (χ1v) is 10.7. The van der Waals surface area contributed by atoms with Crippen LogP contribution in [0.15, 0.2) is 72.4 Å². The van der Waals surface area contributed by atoms with E-state index < -0.39 is 6.09 Å². The highest BCUT2D eigenvalue weighted by Crippen LogP contribution is 2.13. The van der Waals surface area contributed by atoms with Crippen molar-refractivity contribution < 1.29 is 9.53 Å². The molecule has 6 heteroatoms. The highest BCUT2D eigenvalue weighted by atomic mass is 32.1. The average Bonchev–Trinajstić information content (AvgIpc) is 3.26. The first-order chi connectivity index (χ1) is 14.2. The fourth-order valence-corrected chi connectivity index (χ4v) is 3.72. The quantitative estimate of drug-likeness (QED) is 0.522. The maximum atomic E-state index is 12.3. The number of benzene rings is 2. The molecule has 2 atom stereocenters. The molecule has 152 valence electrons. The molecule has 3 aromatic rings. The molecule has 3 rings (SSSR count).